The van der Waals surface area contributed by atoms with Gasteiger partial charge in [-0.2, -0.15) is 5.10 Å². The Hall–Kier alpha value is -2.34. The molecule has 0 saturated carbocycles. The average Bonchev–Trinajstić information content (AvgIpc) is 2.86. The van der Waals surface area contributed by atoms with Gasteiger partial charge in [0, 0.05) is 19.7 Å². The summed E-state index contributed by atoms with van der Waals surface area (Å²) in [6, 6.07) is 8.28. The van der Waals surface area contributed by atoms with E-state index in [1.807, 2.05) is 6.92 Å². The second-order valence-corrected chi connectivity index (χ2v) is 5.14. The number of hydrogen-bond donors (Lipinski definition) is 2. The molecule has 0 aliphatic rings. The normalized spacial score (nSPS) is 10.3. The predicted molar refractivity (Wildman–Crippen MR) is 85.2 cm³/mol. The van der Waals surface area contributed by atoms with E-state index in [2.05, 4.69) is 15.7 Å². The van der Waals surface area contributed by atoms with Crippen molar-refractivity contribution in [2.24, 2.45) is 7.05 Å². The summed E-state index contributed by atoms with van der Waals surface area (Å²) in [5, 5.41) is 9.88. The zero-order valence-electron chi connectivity index (χ0n) is 12.4. The predicted octanol–water partition coefficient (Wildman–Crippen LogP) is 2.47. The molecule has 0 unspecified atom stereocenters. The van der Waals surface area contributed by atoms with Crippen LogP contribution in [-0.2, 0) is 7.05 Å². The number of hydrogen-bond acceptors (Lipinski definition) is 3. The fraction of sp³-hybridized carbons (Fsp3) is 0.267. The van der Waals surface area contributed by atoms with Crippen molar-refractivity contribution in [1.82, 2.24) is 15.1 Å². The molecule has 0 aliphatic heterocycles. The molecule has 0 aliphatic carbocycles. The van der Waals surface area contributed by atoms with E-state index in [0.717, 1.165) is 6.42 Å². The molecule has 0 saturated heterocycles. The van der Waals surface area contributed by atoms with Gasteiger partial charge < -0.3 is 10.6 Å². The van der Waals surface area contributed by atoms with Crippen LogP contribution < -0.4 is 10.6 Å². The number of carbonyl (C=O) groups excluding carboxylic acids is 2. The van der Waals surface area contributed by atoms with Gasteiger partial charge in [0.2, 0.25) is 0 Å². The zero-order valence-corrected chi connectivity index (χ0v) is 13.1. The van der Waals surface area contributed by atoms with Gasteiger partial charge in [-0.1, -0.05) is 30.7 Å². The van der Waals surface area contributed by atoms with Crippen LogP contribution in [0, 0.1) is 0 Å². The lowest BCUT2D eigenvalue weighted by atomic mass is 10.2. The van der Waals surface area contributed by atoms with Crippen molar-refractivity contribution in [3.63, 3.8) is 0 Å². The number of nitrogens with zero attached hydrogens (tertiary/aromatic N) is 2. The Morgan fingerprint density at radius 3 is 2.68 bits per heavy atom. The number of rotatable bonds is 5. The van der Waals surface area contributed by atoms with E-state index in [9.17, 15) is 9.59 Å². The molecule has 22 heavy (non-hydrogen) atoms. The summed E-state index contributed by atoms with van der Waals surface area (Å²) in [4.78, 5) is 24.1. The van der Waals surface area contributed by atoms with E-state index in [1.54, 1.807) is 31.3 Å². The summed E-state index contributed by atoms with van der Waals surface area (Å²) >= 11 is 5.99. The Balaban J connectivity index is 2.14. The molecule has 0 spiro atoms. The standard InChI is InChI=1S/C15H17ClN4O2/c1-3-8-17-15(22)12-9-13(20(2)19-12)18-14(21)10-6-4-5-7-11(10)16/h4-7,9H,3,8H2,1-2H3,(H,17,22)(H,18,21). The number of halogens is 1. The molecule has 0 atom stereocenters. The lowest BCUT2D eigenvalue weighted by Crippen LogP contribution is -2.24. The molecule has 0 radical (unpaired) electrons. The molecule has 116 valence electrons. The fourth-order valence-electron chi connectivity index (χ4n) is 1.85. The summed E-state index contributed by atoms with van der Waals surface area (Å²) in [5.74, 6) is -0.198. The zero-order chi connectivity index (χ0) is 16.1. The average molecular weight is 321 g/mol. The Morgan fingerprint density at radius 2 is 2.00 bits per heavy atom. The highest BCUT2D eigenvalue weighted by Gasteiger charge is 2.16. The van der Waals surface area contributed by atoms with E-state index in [1.165, 1.54) is 10.7 Å². The molecule has 1 aromatic heterocycles. The van der Waals surface area contributed by atoms with Crippen molar-refractivity contribution in [2.75, 3.05) is 11.9 Å². The number of carbonyl (C=O) groups is 2. The number of aromatic nitrogens is 2. The molecule has 1 aromatic carbocycles. The largest absolute Gasteiger partial charge is 0.351 e. The third kappa shape index (κ3) is 3.65. The van der Waals surface area contributed by atoms with Crippen LogP contribution in [0.3, 0.4) is 0 Å². The molecule has 7 heteroatoms. The minimum Gasteiger partial charge on any atom is -0.351 e. The van der Waals surface area contributed by atoms with E-state index in [-0.39, 0.29) is 17.5 Å². The first-order valence-corrected chi connectivity index (χ1v) is 7.28. The highest BCUT2D eigenvalue weighted by atomic mass is 35.5. The van der Waals surface area contributed by atoms with E-state index in [4.69, 9.17) is 11.6 Å². The molecule has 0 bridgehead atoms. The highest BCUT2D eigenvalue weighted by molar-refractivity contribution is 6.34. The molecule has 6 nitrogen and oxygen atoms in total. The molecule has 2 N–H and O–H groups in total. The van der Waals surface area contributed by atoms with E-state index < -0.39 is 0 Å². The quantitative estimate of drug-likeness (QED) is 0.888. The van der Waals surface area contributed by atoms with Crippen molar-refractivity contribution in [3.8, 4) is 0 Å². The Kier molecular flexibility index (Phi) is 5.16. The summed E-state index contributed by atoms with van der Waals surface area (Å²) in [5.41, 5.74) is 0.618. The minimum absolute atomic E-state index is 0.255. The van der Waals surface area contributed by atoms with Crippen LogP contribution in [0.2, 0.25) is 5.02 Å². The first kappa shape index (κ1) is 16.0. The van der Waals surface area contributed by atoms with Gasteiger partial charge >= 0.3 is 0 Å². The van der Waals surface area contributed by atoms with Gasteiger partial charge in [0.1, 0.15) is 5.82 Å². The molecular weight excluding hydrogens is 304 g/mol. The lowest BCUT2D eigenvalue weighted by molar-refractivity contribution is 0.0947. The van der Waals surface area contributed by atoms with Gasteiger partial charge in [-0.15, -0.1) is 0 Å². The maximum Gasteiger partial charge on any atom is 0.271 e. The maximum absolute atomic E-state index is 12.2. The van der Waals surface area contributed by atoms with Crippen LogP contribution >= 0.6 is 11.6 Å². The van der Waals surface area contributed by atoms with Crippen LogP contribution in [-0.4, -0.2) is 28.1 Å². The van der Waals surface area contributed by atoms with Gasteiger partial charge in [0.25, 0.3) is 11.8 Å². The highest BCUT2D eigenvalue weighted by Crippen LogP contribution is 2.17. The van der Waals surface area contributed by atoms with Crippen molar-refractivity contribution < 1.29 is 9.59 Å². The number of anilines is 1. The lowest BCUT2D eigenvalue weighted by Gasteiger charge is -2.06. The molecule has 2 rings (SSSR count). The topological polar surface area (TPSA) is 76.0 Å². The molecule has 1 heterocycles. The monoisotopic (exact) mass is 320 g/mol. The van der Waals surface area contributed by atoms with Crippen molar-refractivity contribution in [2.45, 2.75) is 13.3 Å². The molecule has 0 fully saturated rings. The van der Waals surface area contributed by atoms with Crippen molar-refractivity contribution >= 4 is 29.2 Å². The van der Waals surface area contributed by atoms with Crippen LogP contribution in [0.25, 0.3) is 0 Å². The summed E-state index contributed by atoms with van der Waals surface area (Å²) in [7, 11) is 1.65. The number of benzene rings is 1. The van der Waals surface area contributed by atoms with Gasteiger partial charge in [-0.05, 0) is 18.6 Å². The fourth-order valence-corrected chi connectivity index (χ4v) is 2.07. The second kappa shape index (κ2) is 7.09. The summed E-state index contributed by atoms with van der Waals surface area (Å²) in [6.07, 6.45) is 0.842. The van der Waals surface area contributed by atoms with E-state index in [0.29, 0.717) is 22.9 Å². The van der Waals surface area contributed by atoms with Gasteiger partial charge in [-0.3, -0.25) is 14.3 Å². The van der Waals surface area contributed by atoms with Gasteiger partial charge in [0.15, 0.2) is 5.69 Å². The number of nitrogens with one attached hydrogen (secondary N) is 2. The third-order valence-electron chi connectivity index (χ3n) is 3.01. The summed E-state index contributed by atoms with van der Waals surface area (Å²) < 4.78 is 1.44. The van der Waals surface area contributed by atoms with Crippen LogP contribution in [0.15, 0.2) is 30.3 Å². The van der Waals surface area contributed by atoms with Crippen molar-refractivity contribution in [3.05, 3.63) is 46.6 Å². The van der Waals surface area contributed by atoms with Crippen LogP contribution in [0.4, 0.5) is 5.82 Å². The molecule has 2 aromatic rings. The van der Waals surface area contributed by atoms with Gasteiger partial charge in [-0.25, -0.2) is 0 Å². The van der Waals surface area contributed by atoms with Crippen LogP contribution in [0.1, 0.15) is 34.2 Å². The second-order valence-electron chi connectivity index (χ2n) is 4.73. The van der Waals surface area contributed by atoms with Gasteiger partial charge in [0.05, 0.1) is 10.6 Å². The SMILES string of the molecule is CCCNC(=O)c1cc(NC(=O)c2ccccc2Cl)n(C)n1. The third-order valence-corrected chi connectivity index (χ3v) is 3.34. The molecule has 2 amide bonds. The van der Waals surface area contributed by atoms with Crippen molar-refractivity contribution in [1.29, 1.82) is 0 Å². The first-order chi connectivity index (χ1) is 10.5. The minimum atomic E-state index is -0.353. The van der Waals surface area contributed by atoms with E-state index >= 15 is 0 Å². The smallest absolute Gasteiger partial charge is 0.271 e. The number of amides is 2. The Labute approximate surface area is 133 Å². The Bertz CT molecular complexity index is 697. The summed E-state index contributed by atoms with van der Waals surface area (Å²) in [6.45, 7) is 2.55. The Morgan fingerprint density at radius 1 is 1.27 bits per heavy atom. The van der Waals surface area contributed by atoms with Crippen LogP contribution in [0.5, 0.6) is 0 Å². The first-order valence-electron chi connectivity index (χ1n) is 6.91. The maximum atomic E-state index is 12.2. The number of aryl methyl sites for hydroxylation is 1. The molecular formula is C15H17ClN4O2.